The molecule has 11 nitrogen and oxygen atoms in total. The molecule has 1 atom stereocenters. The normalized spacial score (nSPS) is 11.8. The molecule has 0 spiro atoms. The number of rotatable bonds is 5. The number of nitrogens with zero attached hydrogens (tertiary/aromatic N) is 6. The summed E-state index contributed by atoms with van der Waals surface area (Å²) in [6.45, 7) is 1.83. The Balaban J connectivity index is 1.74. The molecule has 11 heteroatoms. The molecule has 1 aromatic carbocycles. The Morgan fingerprint density at radius 1 is 1.19 bits per heavy atom. The lowest BCUT2D eigenvalue weighted by Crippen LogP contribution is -2.26. The predicted molar refractivity (Wildman–Crippen MR) is 133 cm³/mol. The Labute approximate surface area is 204 Å². The lowest BCUT2D eigenvalue weighted by Gasteiger charge is -2.21. The predicted octanol–water partition coefficient (Wildman–Crippen LogP) is 2.76. The van der Waals surface area contributed by atoms with E-state index in [1.54, 1.807) is 25.4 Å². The summed E-state index contributed by atoms with van der Waals surface area (Å²) in [5.41, 5.74) is 7.42. The zero-order valence-corrected chi connectivity index (χ0v) is 19.3. The van der Waals surface area contributed by atoms with Crippen LogP contribution in [-0.4, -0.2) is 24.3 Å². The molecule has 0 saturated heterocycles. The number of nitriles is 1. The highest BCUT2D eigenvalue weighted by Crippen LogP contribution is 2.29. The van der Waals surface area contributed by atoms with E-state index in [2.05, 4.69) is 20.4 Å². The highest BCUT2D eigenvalue weighted by Gasteiger charge is 2.21. The van der Waals surface area contributed by atoms with E-state index in [-0.39, 0.29) is 28.4 Å². The molecule has 0 amide bonds. The van der Waals surface area contributed by atoms with Crippen molar-refractivity contribution >= 4 is 22.5 Å². The Morgan fingerprint density at radius 3 is 2.75 bits per heavy atom. The average Bonchev–Trinajstić information content (AvgIpc) is 3.40. The number of aromatic nitrogens is 5. The topological polar surface area (TPSA) is 158 Å². The second kappa shape index (κ2) is 8.84. The monoisotopic (exact) mass is 480 g/mol. The van der Waals surface area contributed by atoms with Crippen LogP contribution in [0.4, 0.5) is 11.8 Å². The van der Waals surface area contributed by atoms with Gasteiger partial charge in [-0.3, -0.25) is 14.2 Å². The molecule has 5 aromatic rings. The van der Waals surface area contributed by atoms with Crippen molar-refractivity contribution in [3.63, 3.8) is 0 Å². The summed E-state index contributed by atoms with van der Waals surface area (Å²) in [6, 6.07) is 13.7. The first-order valence-electron chi connectivity index (χ1n) is 10.9. The lowest BCUT2D eigenvalue weighted by molar-refractivity contribution is 0.415. The molecule has 5 rings (SSSR count). The van der Waals surface area contributed by atoms with Gasteiger partial charge < -0.3 is 20.1 Å². The summed E-state index contributed by atoms with van der Waals surface area (Å²) < 4.78 is 7.95. The molecular weight excluding hydrogens is 460 g/mol. The van der Waals surface area contributed by atoms with Gasteiger partial charge in [0.2, 0.25) is 11.5 Å². The summed E-state index contributed by atoms with van der Waals surface area (Å²) in [6.07, 6.45) is 4.41. The third kappa shape index (κ3) is 3.86. The third-order valence-corrected chi connectivity index (χ3v) is 5.85. The van der Waals surface area contributed by atoms with Crippen molar-refractivity contribution in [1.82, 2.24) is 24.3 Å². The van der Waals surface area contributed by atoms with E-state index in [1.165, 1.54) is 27.7 Å². The van der Waals surface area contributed by atoms with Gasteiger partial charge >= 0.3 is 0 Å². The van der Waals surface area contributed by atoms with E-state index in [0.29, 0.717) is 27.8 Å². The number of anilines is 2. The van der Waals surface area contributed by atoms with E-state index < -0.39 is 6.04 Å². The number of benzene rings is 1. The van der Waals surface area contributed by atoms with Crippen molar-refractivity contribution in [3.05, 3.63) is 93.1 Å². The largest absolute Gasteiger partial charge is 0.368 e. The molecule has 0 fully saturated rings. The zero-order valence-electron chi connectivity index (χ0n) is 19.3. The van der Waals surface area contributed by atoms with Crippen molar-refractivity contribution in [2.24, 2.45) is 7.05 Å². The summed E-state index contributed by atoms with van der Waals surface area (Å²) in [4.78, 5) is 33.9. The van der Waals surface area contributed by atoms with Gasteiger partial charge in [0.05, 0.1) is 23.3 Å². The Kier molecular flexibility index (Phi) is 5.54. The van der Waals surface area contributed by atoms with Gasteiger partial charge in [-0.15, -0.1) is 0 Å². The van der Waals surface area contributed by atoms with Crippen LogP contribution in [0.1, 0.15) is 24.2 Å². The first-order chi connectivity index (χ1) is 17.4. The van der Waals surface area contributed by atoms with Gasteiger partial charge in [-0.25, -0.2) is 4.98 Å². The SMILES string of the molecule is CC(Nc1nc(N)ncc1C#N)c1cc2cccc(-c3ccc(=O)n(C)c3)c2c(=O)n1-c1ccon1. The van der Waals surface area contributed by atoms with Gasteiger partial charge in [0, 0.05) is 25.4 Å². The minimum Gasteiger partial charge on any atom is -0.368 e. The molecule has 0 aliphatic rings. The lowest BCUT2D eigenvalue weighted by atomic mass is 9.99. The molecule has 0 bridgehead atoms. The van der Waals surface area contributed by atoms with Crippen molar-refractivity contribution in [2.45, 2.75) is 13.0 Å². The van der Waals surface area contributed by atoms with Crippen LogP contribution in [0.5, 0.6) is 0 Å². The number of hydrogen-bond donors (Lipinski definition) is 2. The van der Waals surface area contributed by atoms with Crippen LogP contribution in [0.2, 0.25) is 0 Å². The van der Waals surface area contributed by atoms with Crippen molar-refractivity contribution in [2.75, 3.05) is 11.1 Å². The highest BCUT2D eigenvalue weighted by atomic mass is 16.5. The van der Waals surface area contributed by atoms with Gasteiger partial charge in [-0.2, -0.15) is 10.2 Å². The fourth-order valence-electron chi connectivity index (χ4n) is 4.12. The van der Waals surface area contributed by atoms with Gasteiger partial charge in [0.15, 0.2) is 5.82 Å². The standard InChI is InChI=1S/C25H20N8O3/c1-14(29-23-17(11-26)12-28-25(27)30-23)19-10-15-4-3-5-18(16-6-7-21(34)32(2)13-16)22(15)24(35)33(19)20-8-9-36-31-20/h3-10,12-14H,1-2H3,(H3,27,28,29,30). The molecule has 36 heavy (non-hydrogen) atoms. The Bertz CT molecular complexity index is 1760. The fourth-order valence-corrected chi connectivity index (χ4v) is 4.12. The molecule has 4 heterocycles. The minimum atomic E-state index is -0.499. The van der Waals surface area contributed by atoms with Crippen molar-refractivity contribution < 1.29 is 4.52 Å². The highest BCUT2D eigenvalue weighted by molar-refractivity contribution is 5.96. The van der Waals surface area contributed by atoms with Crippen LogP contribution in [0.15, 0.2) is 75.2 Å². The molecule has 4 aromatic heterocycles. The van der Waals surface area contributed by atoms with Crippen LogP contribution in [0.25, 0.3) is 27.7 Å². The van der Waals surface area contributed by atoms with Crippen LogP contribution in [0.3, 0.4) is 0 Å². The first-order valence-corrected chi connectivity index (χ1v) is 10.9. The first kappa shape index (κ1) is 22.5. The maximum Gasteiger partial charge on any atom is 0.265 e. The van der Waals surface area contributed by atoms with E-state index in [4.69, 9.17) is 10.3 Å². The summed E-state index contributed by atoms with van der Waals surface area (Å²) >= 11 is 0. The quantitative estimate of drug-likeness (QED) is 0.386. The van der Waals surface area contributed by atoms with Gasteiger partial charge in [0.25, 0.3) is 5.56 Å². The maximum atomic E-state index is 14.0. The number of pyridine rings is 2. The van der Waals surface area contributed by atoms with Crippen molar-refractivity contribution in [3.8, 4) is 23.0 Å². The Morgan fingerprint density at radius 2 is 2.03 bits per heavy atom. The van der Waals surface area contributed by atoms with Gasteiger partial charge in [0.1, 0.15) is 23.7 Å². The number of aryl methyl sites for hydroxylation is 1. The van der Waals surface area contributed by atoms with E-state index in [1.807, 2.05) is 37.3 Å². The number of nitrogen functional groups attached to an aromatic ring is 1. The molecule has 0 saturated carbocycles. The number of nitrogens with one attached hydrogen (secondary N) is 1. The zero-order chi connectivity index (χ0) is 25.4. The van der Waals surface area contributed by atoms with E-state index in [9.17, 15) is 14.9 Å². The molecule has 0 aliphatic carbocycles. The number of nitrogens with two attached hydrogens (primary N) is 1. The maximum absolute atomic E-state index is 14.0. The number of fused-ring (bicyclic) bond motifs is 1. The average molecular weight is 480 g/mol. The second-order valence-electron chi connectivity index (χ2n) is 8.17. The summed E-state index contributed by atoms with van der Waals surface area (Å²) in [7, 11) is 1.66. The molecule has 0 radical (unpaired) electrons. The van der Waals surface area contributed by atoms with Gasteiger partial charge in [-0.1, -0.05) is 23.4 Å². The van der Waals surface area contributed by atoms with Crippen LogP contribution < -0.4 is 22.2 Å². The molecule has 0 aliphatic heterocycles. The van der Waals surface area contributed by atoms with Crippen LogP contribution in [0, 0.1) is 11.3 Å². The molecule has 1 unspecified atom stereocenters. The molecular formula is C25H20N8O3. The van der Waals surface area contributed by atoms with Crippen LogP contribution in [-0.2, 0) is 7.05 Å². The van der Waals surface area contributed by atoms with E-state index >= 15 is 0 Å². The van der Waals surface area contributed by atoms with Gasteiger partial charge in [-0.05, 0) is 35.6 Å². The molecule has 178 valence electrons. The third-order valence-electron chi connectivity index (χ3n) is 5.85. The second-order valence-corrected chi connectivity index (χ2v) is 8.17. The summed E-state index contributed by atoms with van der Waals surface area (Å²) in [5, 5.41) is 17.8. The number of hydrogen-bond acceptors (Lipinski definition) is 9. The molecule has 3 N–H and O–H groups in total. The fraction of sp³-hybridized carbons (Fsp3) is 0.120. The summed E-state index contributed by atoms with van der Waals surface area (Å²) in [5.74, 6) is 0.553. The minimum absolute atomic E-state index is 0.0120. The van der Waals surface area contributed by atoms with E-state index in [0.717, 1.165) is 5.56 Å². The van der Waals surface area contributed by atoms with Crippen molar-refractivity contribution in [1.29, 1.82) is 5.26 Å². The Hall–Kier alpha value is -5.24. The van der Waals surface area contributed by atoms with Crippen LogP contribution >= 0.6 is 0 Å². The smallest absolute Gasteiger partial charge is 0.265 e.